The van der Waals surface area contributed by atoms with Gasteiger partial charge in [-0.3, -0.25) is 0 Å². The lowest BCUT2D eigenvalue weighted by Gasteiger charge is -2.12. The summed E-state index contributed by atoms with van der Waals surface area (Å²) < 4.78 is 18.5. The van der Waals surface area contributed by atoms with E-state index in [0.717, 1.165) is 12.1 Å². The first-order valence-corrected chi connectivity index (χ1v) is 4.81. The quantitative estimate of drug-likeness (QED) is 0.763. The highest BCUT2D eigenvalue weighted by Gasteiger charge is 2.19. The summed E-state index contributed by atoms with van der Waals surface area (Å²) in [4.78, 5) is 0. The van der Waals surface area contributed by atoms with Crippen LogP contribution in [0.4, 0.5) is 4.39 Å². The number of hydrogen-bond acceptors (Lipinski definition) is 3. The molecule has 0 aromatic heterocycles. The molecule has 1 rings (SSSR count). The minimum absolute atomic E-state index is 0.133. The zero-order valence-electron chi connectivity index (χ0n) is 8.37. The van der Waals surface area contributed by atoms with E-state index >= 15 is 0 Å². The molecule has 0 bridgehead atoms. The van der Waals surface area contributed by atoms with Gasteiger partial charge in [0.2, 0.25) is 0 Å². The van der Waals surface area contributed by atoms with Crippen molar-refractivity contribution in [2.75, 3.05) is 0 Å². The maximum Gasteiger partial charge on any atom is 0.491 e. The lowest BCUT2D eigenvalue weighted by Crippen LogP contribution is -2.32. The fourth-order valence-corrected chi connectivity index (χ4v) is 1.30. The van der Waals surface area contributed by atoms with Crippen LogP contribution in [0.25, 0.3) is 0 Å². The van der Waals surface area contributed by atoms with E-state index in [0.29, 0.717) is 0 Å². The Labute approximate surface area is 92.6 Å². The molecule has 0 fully saturated rings. The van der Waals surface area contributed by atoms with Gasteiger partial charge in [-0.15, -0.1) is 0 Å². The zero-order valence-corrected chi connectivity index (χ0v) is 9.12. The molecule has 0 aliphatic rings. The average Bonchev–Trinajstić information content (AvgIpc) is 2.09. The molecule has 0 saturated heterocycles. The van der Waals surface area contributed by atoms with Crippen LogP contribution in [0.15, 0.2) is 12.1 Å². The van der Waals surface area contributed by atoms with Crippen LogP contribution in [0.2, 0.25) is 5.02 Å². The average molecular weight is 232 g/mol. The third-order valence-corrected chi connectivity index (χ3v) is 1.99. The van der Waals surface area contributed by atoms with Crippen LogP contribution in [0, 0.1) is 5.82 Å². The van der Waals surface area contributed by atoms with Crippen LogP contribution < -0.4 is 10.2 Å². The van der Waals surface area contributed by atoms with Crippen LogP contribution in [0.1, 0.15) is 13.8 Å². The van der Waals surface area contributed by atoms with E-state index in [1.54, 1.807) is 13.8 Å². The number of hydrogen-bond donors (Lipinski definition) is 2. The summed E-state index contributed by atoms with van der Waals surface area (Å²) in [7, 11) is -1.88. The molecular weight excluding hydrogens is 221 g/mol. The van der Waals surface area contributed by atoms with Crippen LogP contribution in [0.5, 0.6) is 5.75 Å². The van der Waals surface area contributed by atoms with E-state index in [1.165, 1.54) is 0 Å². The fourth-order valence-electron chi connectivity index (χ4n) is 1.09. The van der Waals surface area contributed by atoms with Gasteiger partial charge in [0, 0.05) is 11.5 Å². The van der Waals surface area contributed by atoms with Crippen molar-refractivity contribution in [2.24, 2.45) is 0 Å². The van der Waals surface area contributed by atoms with E-state index in [4.69, 9.17) is 26.4 Å². The molecule has 0 atom stereocenters. The maximum atomic E-state index is 13.3. The first kappa shape index (κ1) is 12.3. The zero-order chi connectivity index (χ0) is 11.6. The molecule has 0 aliphatic heterocycles. The van der Waals surface area contributed by atoms with E-state index in [2.05, 4.69) is 0 Å². The van der Waals surface area contributed by atoms with Gasteiger partial charge in [-0.1, -0.05) is 11.6 Å². The number of halogens is 2. The molecule has 2 N–H and O–H groups in total. The summed E-state index contributed by atoms with van der Waals surface area (Å²) in [6, 6.07) is 2.18. The number of rotatable bonds is 3. The largest absolute Gasteiger partial charge is 0.491 e. The maximum absolute atomic E-state index is 13.3. The summed E-state index contributed by atoms with van der Waals surface area (Å²) in [6.45, 7) is 3.56. The van der Waals surface area contributed by atoms with Crippen molar-refractivity contribution in [3.8, 4) is 5.75 Å². The minimum atomic E-state index is -1.88. The van der Waals surface area contributed by atoms with Gasteiger partial charge in [-0.05, 0) is 19.9 Å². The van der Waals surface area contributed by atoms with Crippen LogP contribution in [0.3, 0.4) is 0 Å². The number of benzene rings is 1. The molecular formula is C9H11BClFO3. The summed E-state index contributed by atoms with van der Waals surface area (Å²) in [5, 5.41) is 17.8. The molecule has 0 aliphatic carbocycles. The van der Waals surface area contributed by atoms with Crippen molar-refractivity contribution in [1.82, 2.24) is 0 Å². The molecule has 82 valence electrons. The molecule has 15 heavy (non-hydrogen) atoms. The van der Waals surface area contributed by atoms with E-state index in [9.17, 15) is 4.39 Å². The second-order valence-electron chi connectivity index (χ2n) is 3.34. The Morgan fingerprint density at radius 2 is 2.00 bits per heavy atom. The molecule has 0 unspecified atom stereocenters. The Balaban J connectivity index is 3.08. The molecule has 1 aromatic rings. The van der Waals surface area contributed by atoms with Gasteiger partial charge in [0.15, 0.2) is 0 Å². The summed E-state index contributed by atoms with van der Waals surface area (Å²) in [5.74, 6) is -0.571. The van der Waals surface area contributed by atoms with Crippen molar-refractivity contribution in [2.45, 2.75) is 20.0 Å². The predicted octanol–water partition coefficient (Wildman–Crippen LogP) is 0.946. The molecule has 0 amide bonds. The van der Waals surface area contributed by atoms with Gasteiger partial charge in [-0.25, -0.2) is 4.39 Å². The molecule has 0 saturated carbocycles. The monoisotopic (exact) mass is 232 g/mol. The van der Waals surface area contributed by atoms with Gasteiger partial charge < -0.3 is 14.8 Å². The van der Waals surface area contributed by atoms with E-state index < -0.39 is 12.9 Å². The lowest BCUT2D eigenvalue weighted by atomic mass is 9.80. The van der Waals surface area contributed by atoms with Crippen LogP contribution in [-0.4, -0.2) is 23.3 Å². The fraction of sp³-hybridized carbons (Fsp3) is 0.333. The SMILES string of the molecule is CC(C)Oc1cc(F)c(B(O)O)cc1Cl. The smallest absolute Gasteiger partial charge is 0.489 e. The second-order valence-corrected chi connectivity index (χ2v) is 3.75. The molecule has 0 spiro atoms. The van der Waals surface area contributed by atoms with Crippen molar-refractivity contribution in [3.63, 3.8) is 0 Å². The third-order valence-electron chi connectivity index (χ3n) is 1.69. The van der Waals surface area contributed by atoms with Crippen molar-refractivity contribution < 1.29 is 19.2 Å². The number of ether oxygens (including phenoxy) is 1. The minimum Gasteiger partial charge on any atom is -0.489 e. The van der Waals surface area contributed by atoms with Crippen molar-refractivity contribution in [3.05, 3.63) is 23.0 Å². The standard InChI is InChI=1S/C9H11BClFO3/c1-5(2)15-9-4-8(12)6(10(13)14)3-7(9)11/h3-5,13-14H,1-2H3. The first-order chi connectivity index (χ1) is 6.91. The highest BCUT2D eigenvalue weighted by Crippen LogP contribution is 2.25. The summed E-state index contributed by atoms with van der Waals surface area (Å²) in [5.41, 5.74) is -0.267. The van der Waals surface area contributed by atoms with Crippen molar-refractivity contribution >= 4 is 24.2 Å². The van der Waals surface area contributed by atoms with E-state index in [1.807, 2.05) is 0 Å². The summed E-state index contributed by atoms with van der Waals surface area (Å²) in [6.07, 6.45) is -0.133. The third kappa shape index (κ3) is 3.09. The van der Waals surface area contributed by atoms with Gasteiger partial charge >= 0.3 is 7.12 Å². The Morgan fingerprint density at radius 1 is 1.40 bits per heavy atom. The highest BCUT2D eigenvalue weighted by molar-refractivity contribution is 6.59. The van der Waals surface area contributed by atoms with Gasteiger partial charge in [0.25, 0.3) is 0 Å². The topological polar surface area (TPSA) is 49.7 Å². The molecule has 0 heterocycles. The highest BCUT2D eigenvalue weighted by atomic mass is 35.5. The first-order valence-electron chi connectivity index (χ1n) is 4.43. The van der Waals surface area contributed by atoms with Gasteiger partial charge in [0.05, 0.1) is 11.1 Å². The Hall–Kier alpha value is -0.775. The second kappa shape index (κ2) is 4.83. The summed E-state index contributed by atoms with van der Waals surface area (Å²) >= 11 is 5.78. The normalized spacial score (nSPS) is 10.6. The van der Waals surface area contributed by atoms with Crippen LogP contribution >= 0.6 is 11.6 Å². The Morgan fingerprint density at radius 3 is 2.47 bits per heavy atom. The lowest BCUT2D eigenvalue weighted by molar-refractivity contribution is 0.241. The van der Waals surface area contributed by atoms with Crippen molar-refractivity contribution in [1.29, 1.82) is 0 Å². The van der Waals surface area contributed by atoms with E-state index in [-0.39, 0.29) is 22.3 Å². The van der Waals surface area contributed by atoms with Gasteiger partial charge in [0.1, 0.15) is 11.6 Å². The molecule has 0 radical (unpaired) electrons. The molecule has 3 nitrogen and oxygen atoms in total. The predicted molar refractivity (Wildman–Crippen MR) is 57.0 cm³/mol. The molecule has 1 aromatic carbocycles. The molecule has 6 heteroatoms. The Bertz CT molecular complexity index is 357. The van der Waals surface area contributed by atoms with Gasteiger partial charge in [-0.2, -0.15) is 0 Å². The Kier molecular flexibility index (Phi) is 3.96. The van der Waals surface area contributed by atoms with Crippen LogP contribution in [-0.2, 0) is 0 Å².